The van der Waals surface area contributed by atoms with E-state index in [4.69, 9.17) is 16.0 Å². The molecule has 1 fully saturated rings. The molecule has 0 bridgehead atoms. The van der Waals surface area contributed by atoms with E-state index in [1.165, 1.54) is 17.0 Å². The Morgan fingerprint density at radius 3 is 2.50 bits per heavy atom. The van der Waals surface area contributed by atoms with Crippen molar-refractivity contribution in [1.82, 2.24) is 14.5 Å². The smallest absolute Gasteiger partial charge is 0.289 e. The van der Waals surface area contributed by atoms with Crippen molar-refractivity contribution in [2.45, 2.75) is 6.54 Å². The lowest BCUT2D eigenvalue weighted by molar-refractivity contribution is 0.0714. The molecule has 1 saturated heterocycles. The number of nitrogens with zero attached hydrogens (tertiary/aromatic N) is 5. The maximum Gasteiger partial charge on any atom is 0.289 e. The highest BCUT2D eigenvalue weighted by Gasteiger charge is 2.28. The van der Waals surface area contributed by atoms with Crippen LogP contribution in [0.1, 0.15) is 26.5 Å². The highest BCUT2D eigenvalue weighted by atomic mass is 35.5. The first-order chi connectivity index (χ1) is 17.5. The lowest BCUT2D eigenvalue weighted by Crippen LogP contribution is -2.49. The molecular formula is C26H20ClN5O4. The fourth-order valence-corrected chi connectivity index (χ4v) is 4.57. The zero-order chi connectivity index (χ0) is 25.2. The second kappa shape index (κ2) is 9.68. The van der Waals surface area contributed by atoms with Crippen molar-refractivity contribution in [3.8, 4) is 6.07 Å². The number of rotatable bonds is 5. The number of amides is 1. The number of carbonyl (C=O) groups is 2. The molecule has 1 aliphatic rings. The molecule has 9 nitrogen and oxygen atoms in total. The van der Waals surface area contributed by atoms with Crippen LogP contribution in [0.4, 0.5) is 5.69 Å². The number of ketones is 1. The number of halogens is 1. The number of furan rings is 1. The summed E-state index contributed by atoms with van der Waals surface area (Å²) < 4.78 is 6.44. The topological polar surface area (TPSA) is 112 Å². The van der Waals surface area contributed by atoms with Gasteiger partial charge in [0.05, 0.1) is 23.5 Å². The van der Waals surface area contributed by atoms with E-state index in [2.05, 4.69) is 4.98 Å². The minimum absolute atomic E-state index is 0.0989. The summed E-state index contributed by atoms with van der Waals surface area (Å²) in [4.78, 5) is 46.9. The van der Waals surface area contributed by atoms with E-state index >= 15 is 0 Å². The standard InChI is InChI=1S/C26H20ClN5O4/c27-18-13-19-23(30-8-10-31(11-9-30)26(35)22-7-4-12-36-22)20(14-28)25(34)32(24(19)29-15-18)16-21(33)17-5-2-1-3-6-17/h1-7,12-13,15H,8-11,16H2. The number of carbonyl (C=O) groups excluding carboxylic acids is 2. The Bertz CT molecular complexity index is 1550. The number of pyridine rings is 2. The van der Waals surface area contributed by atoms with Gasteiger partial charge in [0.15, 0.2) is 11.5 Å². The number of aromatic nitrogens is 2. The van der Waals surface area contributed by atoms with Crippen LogP contribution in [0.5, 0.6) is 0 Å². The van der Waals surface area contributed by atoms with Crippen molar-refractivity contribution >= 4 is 40.0 Å². The number of nitriles is 1. The maximum absolute atomic E-state index is 13.5. The molecule has 0 unspecified atom stereocenters. The van der Waals surface area contributed by atoms with Crippen molar-refractivity contribution in [2.24, 2.45) is 0 Å². The fraction of sp³-hybridized carbons (Fsp3) is 0.192. The molecule has 4 aromatic rings. The first kappa shape index (κ1) is 23.3. The minimum Gasteiger partial charge on any atom is -0.459 e. The quantitative estimate of drug-likeness (QED) is 0.385. The average molecular weight is 502 g/mol. The van der Waals surface area contributed by atoms with Gasteiger partial charge in [0.2, 0.25) is 0 Å². The average Bonchev–Trinajstić information content (AvgIpc) is 3.45. The number of Topliss-reactive ketones (excluding diaryl/α,β-unsaturated/α-hetero) is 1. The number of hydrogen-bond donors (Lipinski definition) is 0. The molecule has 1 aliphatic heterocycles. The molecule has 36 heavy (non-hydrogen) atoms. The monoisotopic (exact) mass is 501 g/mol. The van der Waals surface area contributed by atoms with Crippen molar-refractivity contribution in [3.05, 3.63) is 93.3 Å². The lowest BCUT2D eigenvalue weighted by atomic mass is 10.1. The van der Waals surface area contributed by atoms with Gasteiger partial charge in [-0.25, -0.2) is 4.98 Å². The molecule has 0 spiro atoms. The first-order valence-electron chi connectivity index (χ1n) is 11.3. The number of hydrogen-bond acceptors (Lipinski definition) is 7. The highest BCUT2D eigenvalue weighted by Crippen LogP contribution is 2.31. The predicted molar refractivity (Wildman–Crippen MR) is 133 cm³/mol. The molecule has 180 valence electrons. The van der Waals surface area contributed by atoms with Gasteiger partial charge in [-0.15, -0.1) is 0 Å². The third-order valence-corrected chi connectivity index (χ3v) is 6.37. The molecule has 1 amide bonds. The first-order valence-corrected chi connectivity index (χ1v) is 11.6. The summed E-state index contributed by atoms with van der Waals surface area (Å²) in [5, 5.41) is 10.8. The number of anilines is 1. The molecule has 0 saturated carbocycles. The van der Waals surface area contributed by atoms with E-state index in [-0.39, 0.29) is 35.2 Å². The van der Waals surface area contributed by atoms with Crippen LogP contribution < -0.4 is 10.5 Å². The molecular weight excluding hydrogens is 482 g/mol. The van der Waals surface area contributed by atoms with Crippen LogP contribution in [0, 0.1) is 11.3 Å². The van der Waals surface area contributed by atoms with Crippen molar-refractivity contribution in [2.75, 3.05) is 31.1 Å². The largest absolute Gasteiger partial charge is 0.459 e. The highest BCUT2D eigenvalue weighted by molar-refractivity contribution is 6.31. The molecule has 3 aromatic heterocycles. The Labute approximate surface area is 210 Å². The minimum atomic E-state index is -0.604. The summed E-state index contributed by atoms with van der Waals surface area (Å²) in [6.07, 6.45) is 2.85. The summed E-state index contributed by atoms with van der Waals surface area (Å²) in [6, 6.07) is 15.6. The molecule has 1 aromatic carbocycles. The van der Waals surface area contributed by atoms with Crippen molar-refractivity contribution < 1.29 is 14.0 Å². The normalized spacial score (nSPS) is 13.6. The molecule has 5 rings (SSSR count). The number of benzene rings is 1. The van der Waals surface area contributed by atoms with Gasteiger partial charge in [0, 0.05) is 43.3 Å². The van der Waals surface area contributed by atoms with Gasteiger partial charge in [0.1, 0.15) is 17.3 Å². The molecule has 4 heterocycles. The summed E-state index contributed by atoms with van der Waals surface area (Å²) >= 11 is 6.26. The summed E-state index contributed by atoms with van der Waals surface area (Å²) in [7, 11) is 0. The Balaban J connectivity index is 1.53. The number of piperazine rings is 1. The summed E-state index contributed by atoms with van der Waals surface area (Å²) in [5.74, 6) is -0.240. The van der Waals surface area contributed by atoms with Gasteiger partial charge in [-0.2, -0.15) is 5.26 Å². The van der Waals surface area contributed by atoms with E-state index in [0.29, 0.717) is 47.8 Å². The SMILES string of the molecule is N#Cc1c(N2CCN(C(=O)c3ccco3)CC2)c2cc(Cl)cnc2n(CC(=O)c2ccccc2)c1=O. The van der Waals surface area contributed by atoms with Gasteiger partial charge in [-0.05, 0) is 18.2 Å². The predicted octanol–water partition coefficient (Wildman–Crippen LogP) is 3.36. The van der Waals surface area contributed by atoms with Gasteiger partial charge >= 0.3 is 0 Å². The maximum atomic E-state index is 13.5. The van der Waals surface area contributed by atoms with E-state index in [1.54, 1.807) is 53.4 Å². The van der Waals surface area contributed by atoms with Crippen molar-refractivity contribution in [3.63, 3.8) is 0 Å². The van der Waals surface area contributed by atoms with Crippen LogP contribution in [-0.2, 0) is 6.54 Å². The Morgan fingerprint density at radius 2 is 1.83 bits per heavy atom. The van der Waals surface area contributed by atoms with Crippen LogP contribution in [-0.4, -0.2) is 52.3 Å². The van der Waals surface area contributed by atoms with Gasteiger partial charge in [0.25, 0.3) is 11.5 Å². The van der Waals surface area contributed by atoms with Gasteiger partial charge < -0.3 is 14.2 Å². The van der Waals surface area contributed by atoms with E-state index in [9.17, 15) is 19.6 Å². The van der Waals surface area contributed by atoms with Crippen LogP contribution in [0.2, 0.25) is 5.02 Å². The molecule has 0 radical (unpaired) electrons. The third kappa shape index (κ3) is 4.23. The van der Waals surface area contributed by atoms with Gasteiger partial charge in [-0.3, -0.25) is 19.0 Å². The van der Waals surface area contributed by atoms with E-state index < -0.39 is 5.56 Å². The fourth-order valence-electron chi connectivity index (χ4n) is 4.41. The Kier molecular flexibility index (Phi) is 6.27. The van der Waals surface area contributed by atoms with Crippen LogP contribution >= 0.6 is 11.6 Å². The van der Waals surface area contributed by atoms with E-state index in [1.807, 2.05) is 11.0 Å². The molecule has 0 atom stereocenters. The van der Waals surface area contributed by atoms with E-state index in [0.717, 1.165) is 0 Å². The molecule has 0 aliphatic carbocycles. The second-order valence-electron chi connectivity index (χ2n) is 8.30. The Hall–Kier alpha value is -4.42. The zero-order valence-corrected chi connectivity index (χ0v) is 19.8. The summed E-state index contributed by atoms with van der Waals surface area (Å²) in [6.45, 7) is 1.24. The molecule has 10 heteroatoms. The van der Waals surface area contributed by atoms with Crippen LogP contribution in [0.3, 0.4) is 0 Å². The van der Waals surface area contributed by atoms with Crippen LogP contribution in [0.15, 0.2) is 70.2 Å². The lowest BCUT2D eigenvalue weighted by Gasteiger charge is -2.36. The zero-order valence-electron chi connectivity index (χ0n) is 19.1. The Morgan fingerprint density at radius 1 is 1.08 bits per heavy atom. The summed E-state index contributed by atoms with van der Waals surface area (Å²) in [5.41, 5.74) is 0.413. The van der Waals surface area contributed by atoms with Crippen molar-refractivity contribution in [1.29, 1.82) is 5.26 Å². The van der Waals surface area contributed by atoms with Crippen LogP contribution in [0.25, 0.3) is 11.0 Å². The molecule has 0 N–H and O–H groups in total. The third-order valence-electron chi connectivity index (χ3n) is 6.16. The number of fused-ring (bicyclic) bond motifs is 1. The van der Waals surface area contributed by atoms with Gasteiger partial charge in [-0.1, -0.05) is 41.9 Å². The second-order valence-corrected chi connectivity index (χ2v) is 8.73.